The number of hydrogen-bond acceptors (Lipinski definition) is 5. The third-order valence-electron chi connectivity index (χ3n) is 5.56. The van der Waals surface area contributed by atoms with E-state index in [1.54, 1.807) is 48.5 Å². The van der Waals surface area contributed by atoms with Crippen molar-refractivity contribution in [1.82, 2.24) is 15.5 Å². The molecule has 2 aromatic rings. The fourth-order valence-corrected chi connectivity index (χ4v) is 3.74. The Hall–Kier alpha value is -3.75. The Labute approximate surface area is 185 Å². The maximum absolute atomic E-state index is 12.7. The maximum Gasteiger partial charge on any atom is 0.407 e. The van der Waals surface area contributed by atoms with E-state index < -0.39 is 17.9 Å². The van der Waals surface area contributed by atoms with Crippen LogP contribution in [-0.2, 0) is 22.4 Å². The highest BCUT2D eigenvalue weighted by atomic mass is 16.4. The van der Waals surface area contributed by atoms with Gasteiger partial charge >= 0.3 is 6.09 Å². The molecule has 170 valence electrons. The van der Waals surface area contributed by atoms with Crippen molar-refractivity contribution in [3.05, 3.63) is 59.7 Å². The first-order valence-electron chi connectivity index (χ1n) is 10.4. The lowest BCUT2D eigenvalue weighted by molar-refractivity contribution is -0.132. The molecule has 3 amide bonds. The van der Waals surface area contributed by atoms with Gasteiger partial charge in [-0.1, -0.05) is 24.3 Å². The number of likely N-dealkylation sites (tertiary alicyclic amines) is 1. The topological polar surface area (TPSA) is 139 Å². The molecule has 2 aromatic carbocycles. The zero-order chi connectivity index (χ0) is 23.1. The number of carbonyl (C=O) groups excluding carboxylic acids is 2. The highest BCUT2D eigenvalue weighted by molar-refractivity contribution is 5.89. The largest absolute Gasteiger partial charge is 0.508 e. The van der Waals surface area contributed by atoms with Crippen LogP contribution in [0.4, 0.5) is 4.79 Å². The third-order valence-corrected chi connectivity index (χ3v) is 5.56. The molecule has 3 rings (SSSR count). The summed E-state index contributed by atoms with van der Waals surface area (Å²) in [4.78, 5) is 38.0. The van der Waals surface area contributed by atoms with Gasteiger partial charge in [0.25, 0.3) is 0 Å². The summed E-state index contributed by atoms with van der Waals surface area (Å²) in [6.07, 6.45) is -0.0678. The number of amides is 3. The van der Waals surface area contributed by atoms with Crippen LogP contribution in [0.25, 0.3) is 0 Å². The molecule has 1 saturated heterocycles. The zero-order valence-electron chi connectivity index (χ0n) is 17.5. The van der Waals surface area contributed by atoms with Gasteiger partial charge in [-0.15, -0.1) is 0 Å². The van der Waals surface area contributed by atoms with Crippen LogP contribution >= 0.6 is 0 Å². The van der Waals surface area contributed by atoms with Gasteiger partial charge in [-0.2, -0.15) is 0 Å². The van der Waals surface area contributed by atoms with Crippen LogP contribution in [0.3, 0.4) is 0 Å². The Bertz CT molecular complexity index is 874. The molecule has 1 fully saturated rings. The summed E-state index contributed by atoms with van der Waals surface area (Å²) in [5.74, 6) is -1.91. The summed E-state index contributed by atoms with van der Waals surface area (Å²) in [5, 5.41) is 33.6. The first-order valence-corrected chi connectivity index (χ1v) is 10.4. The van der Waals surface area contributed by atoms with Gasteiger partial charge in [0, 0.05) is 26.2 Å². The first kappa shape index (κ1) is 22.9. The van der Waals surface area contributed by atoms with Crippen LogP contribution in [0, 0.1) is 11.8 Å². The van der Waals surface area contributed by atoms with Gasteiger partial charge in [0.15, 0.2) is 0 Å². The molecule has 0 aliphatic carbocycles. The Morgan fingerprint density at radius 2 is 1.12 bits per heavy atom. The van der Waals surface area contributed by atoms with Crippen molar-refractivity contribution in [3.8, 4) is 11.5 Å². The van der Waals surface area contributed by atoms with Crippen molar-refractivity contribution < 1.29 is 29.7 Å². The van der Waals surface area contributed by atoms with Gasteiger partial charge in [0.1, 0.15) is 11.5 Å². The van der Waals surface area contributed by atoms with E-state index in [2.05, 4.69) is 10.6 Å². The van der Waals surface area contributed by atoms with Gasteiger partial charge in [-0.25, -0.2) is 4.79 Å². The fourth-order valence-electron chi connectivity index (χ4n) is 3.74. The lowest BCUT2D eigenvalue weighted by Gasteiger charge is -2.17. The van der Waals surface area contributed by atoms with E-state index in [1.807, 2.05) is 0 Å². The Balaban J connectivity index is 1.53. The predicted octanol–water partition coefficient (Wildman–Crippen LogP) is 1.34. The number of carboxylic acid groups (broad SMARTS) is 1. The standard InChI is InChI=1S/C23H27N3O6/c27-17-5-1-15(2-6-17)9-11-24-21(29)19-13-26(23(31)32)14-20(19)22(30)25-12-10-16-3-7-18(28)8-4-16/h1-8,19-20,27-28H,9-14H2,(H,24,29)(H,25,30)(H,31,32)/t19-,20-/m0/s1. The van der Waals surface area contributed by atoms with Gasteiger partial charge in [-0.3, -0.25) is 9.59 Å². The molecule has 0 bridgehead atoms. The Morgan fingerprint density at radius 3 is 1.47 bits per heavy atom. The number of benzene rings is 2. The second-order valence-corrected chi connectivity index (χ2v) is 7.82. The Kier molecular flexibility index (Phi) is 7.54. The zero-order valence-corrected chi connectivity index (χ0v) is 17.5. The van der Waals surface area contributed by atoms with Crippen molar-refractivity contribution in [2.24, 2.45) is 11.8 Å². The van der Waals surface area contributed by atoms with E-state index in [9.17, 15) is 29.7 Å². The second-order valence-electron chi connectivity index (χ2n) is 7.82. The molecule has 9 heteroatoms. The molecule has 0 spiro atoms. The number of aromatic hydroxyl groups is 2. The minimum atomic E-state index is -1.16. The van der Waals surface area contributed by atoms with Crippen LogP contribution in [0.1, 0.15) is 11.1 Å². The van der Waals surface area contributed by atoms with E-state index in [0.29, 0.717) is 25.9 Å². The van der Waals surface area contributed by atoms with E-state index >= 15 is 0 Å². The Morgan fingerprint density at radius 1 is 0.750 bits per heavy atom. The number of carbonyl (C=O) groups is 3. The highest BCUT2D eigenvalue weighted by Gasteiger charge is 2.43. The SMILES string of the molecule is O=C(NCCc1ccc(O)cc1)[C@H]1CN(C(=O)O)C[C@@H]1C(=O)NCCc1ccc(O)cc1. The van der Waals surface area contributed by atoms with Crippen molar-refractivity contribution in [2.75, 3.05) is 26.2 Å². The average Bonchev–Trinajstić information content (AvgIpc) is 3.22. The lowest BCUT2D eigenvalue weighted by atomic mass is 9.94. The predicted molar refractivity (Wildman–Crippen MR) is 116 cm³/mol. The number of phenolic OH excluding ortho intramolecular Hbond substituents is 2. The molecule has 1 aliphatic heterocycles. The molecule has 1 aliphatic rings. The summed E-state index contributed by atoms with van der Waals surface area (Å²) < 4.78 is 0. The minimum absolute atomic E-state index is 0.0313. The van der Waals surface area contributed by atoms with Crippen molar-refractivity contribution in [2.45, 2.75) is 12.8 Å². The second kappa shape index (κ2) is 10.5. The molecular formula is C23H27N3O6. The van der Waals surface area contributed by atoms with E-state index in [0.717, 1.165) is 16.0 Å². The summed E-state index contributed by atoms with van der Waals surface area (Å²) in [6, 6.07) is 13.3. The first-order chi connectivity index (χ1) is 15.3. The smallest absolute Gasteiger partial charge is 0.407 e. The number of phenols is 2. The fraction of sp³-hybridized carbons (Fsp3) is 0.348. The summed E-state index contributed by atoms with van der Waals surface area (Å²) in [7, 11) is 0. The molecule has 0 aromatic heterocycles. The molecule has 32 heavy (non-hydrogen) atoms. The number of hydrogen-bond donors (Lipinski definition) is 5. The molecule has 0 unspecified atom stereocenters. The van der Waals surface area contributed by atoms with E-state index in [1.165, 1.54) is 0 Å². The quantitative estimate of drug-likeness (QED) is 0.419. The number of nitrogens with one attached hydrogen (secondary N) is 2. The van der Waals surface area contributed by atoms with Crippen LogP contribution < -0.4 is 10.6 Å². The normalized spacial score (nSPS) is 17.7. The lowest BCUT2D eigenvalue weighted by Crippen LogP contribution is -2.42. The molecule has 1 heterocycles. The van der Waals surface area contributed by atoms with Gasteiger partial charge in [-0.05, 0) is 48.2 Å². The molecular weight excluding hydrogens is 414 g/mol. The molecule has 0 radical (unpaired) electrons. The molecule has 0 saturated carbocycles. The van der Waals surface area contributed by atoms with Gasteiger partial charge < -0.3 is 30.9 Å². The monoisotopic (exact) mass is 441 g/mol. The average molecular weight is 441 g/mol. The van der Waals surface area contributed by atoms with Crippen molar-refractivity contribution in [1.29, 1.82) is 0 Å². The van der Waals surface area contributed by atoms with Gasteiger partial charge in [0.2, 0.25) is 11.8 Å². The van der Waals surface area contributed by atoms with Crippen LogP contribution in [0.15, 0.2) is 48.5 Å². The van der Waals surface area contributed by atoms with Crippen LogP contribution in [0.2, 0.25) is 0 Å². The van der Waals surface area contributed by atoms with Crippen molar-refractivity contribution >= 4 is 17.9 Å². The minimum Gasteiger partial charge on any atom is -0.508 e. The number of rotatable bonds is 8. The molecule has 5 N–H and O–H groups in total. The highest BCUT2D eigenvalue weighted by Crippen LogP contribution is 2.24. The third kappa shape index (κ3) is 6.13. The molecule has 2 atom stereocenters. The molecule has 9 nitrogen and oxygen atoms in total. The number of nitrogens with zero attached hydrogens (tertiary/aromatic N) is 1. The summed E-state index contributed by atoms with van der Waals surface area (Å²) in [6.45, 7) is 0.609. The summed E-state index contributed by atoms with van der Waals surface area (Å²) >= 11 is 0. The van der Waals surface area contributed by atoms with Crippen LogP contribution in [-0.4, -0.2) is 64.3 Å². The van der Waals surface area contributed by atoms with Gasteiger partial charge in [0.05, 0.1) is 11.8 Å². The van der Waals surface area contributed by atoms with Crippen LogP contribution in [0.5, 0.6) is 11.5 Å². The van der Waals surface area contributed by atoms with E-state index in [-0.39, 0.29) is 36.4 Å². The van der Waals surface area contributed by atoms with E-state index in [4.69, 9.17) is 0 Å². The van der Waals surface area contributed by atoms with Crippen molar-refractivity contribution in [3.63, 3.8) is 0 Å². The summed E-state index contributed by atoms with van der Waals surface area (Å²) in [5.41, 5.74) is 1.87. The maximum atomic E-state index is 12.7.